The second-order valence-corrected chi connectivity index (χ2v) is 4.44. The van der Waals surface area contributed by atoms with E-state index < -0.39 is 0 Å². The summed E-state index contributed by atoms with van der Waals surface area (Å²) in [7, 11) is 1.96. The van der Waals surface area contributed by atoms with E-state index in [0.29, 0.717) is 13.1 Å². The van der Waals surface area contributed by atoms with Gasteiger partial charge in [0.05, 0.1) is 0 Å². The van der Waals surface area contributed by atoms with Gasteiger partial charge in [-0.05, 0) is 12.1 Å². The van der Waals surface area contributed by atoms with Gasteiger partial charge < -0.3 is 15.2 Å². The summed E-state index contributed by atoms with van der Waals surface area (Å²) < 4.78 is 0. The largest absolute Gasteiger partial charge is 0.373 e. The van der Waals surface area contributed by atoms with Crippen molar-refractivity contribution >= 4 is 11.6 Å². The molecular formula is C15H17N3O2. The van der Waals surface area contributed by atoms with E-state index in [1.807, 2.05) is 42.3 Å². The number of para-hydroxylation sites is 1. The third-order valence-electron chi connectivity index (χ3n) is 3.00. The molecule has 0 aliphatic heterocycles. The number of nitrogens with one attached hydrogen (secondary N) is 2. The number of benzene rings is 1. The molecule has 0 radical (unpaired) electrons. The van der Waals surface area contributed by atoms with Crippen LogP contribution in [-0.4, -0.2) is 31.0 Å². The number of carbonyl (C=O) groups is 1. The van der Waals surface area contributed by atoms with E-state index in [1.165, 1.54) is 18.5 Å². The van der Waals surface area contributed by atoms with Gasteiger partial charge in [0.1, 0.15) is 5.56 Å². The summed E-state index contributed by atoms with van der Waals surface area (Å²) in [6, 6.07) is 11.2. The van der Waals surface area contributed by atoms with Crippen molar-refractivity contribution < 1.29 is 4.79 Å². The van der Waals surface area contributed by atoms with Crippen molar-refractivity contribution in [2.24, 2.45) is 0 Å². The Labute approximate surface area is 117 Å². The van der Waals surface area contributed by atoms with E-state index in [2.05, 4.69) is 10.3 Å². The minimum atomic E-state index is -0.353. The van der Waals surface area contributed by atoms with Gasteiger partial charge in [0.2, 0.25) is 0 Å². The number of carbonyl (C=O) groups excluding carboxylic acids is 1. The van der Waals surface area contributed by atoms with Gasteiger partial charge in [-0.3, -0.25) is 9.59 Å². The average molecular weight is 271 g/mol. The Hall–Kier alpha value is -2.56. The molecule has 1 aromatic carbocycles. The molecule has 0 bridgehead atoms. The second-order valence-electron chi connectivity index (χ2n) is 4.44. The minimum Gasteiger partial charge on any atom is -0.373 e. The molecular weight excluding hydrogens is 254 g/mol. The second kappa shape index (κ2) is 6.56. The smallest absolute Gasteiger partial charge is 0.256 e. The van der Waals surface area contributed by atoms with Crippen molar-refractivity contribution in [1.82, 2.24) is 10.3 Å². The number of hydrogen-bond acceptors (Lipinski definition) is 3. The monoisotopic (exact) mass is 271 g/mol. The number of nitrogens with zero attached hydrogens (tertiary/aromatic N) is 1. The van der Waals surface area contributed by atoms with Crippen LogP contribution in [0.25, 0.3) is 0 Å². The Morgan fingerprint density at radius 1 is 1.25 bits per heavy atom. The highest BCUT2D eigenvalue weighted by molar-refractivity contribution is 5.93. The lowest BCUT2D eigenvalue weighted by atomic mass is 10.2. The lowest BCUT2D eigenvalue weighted by molar-refractivity contribution is 0.0953. The van der Waals surface area contributed by atoms with Gasteiger partial charge in [-0.1, -0.05) is 18.2 Å². The first-order valence-electron chi connectivity index (χ1n) is 6.40. The zero-order chi connectivity index (χ0) is 14.4. The molecule has 0 saturated carbocycles. The topological polar surface area (TPSA) is 65.2 Å². The molecule has 0 unspecified atom stereocenters. The fraction of sp³-hybridized carbons (Fsp3) is 0.200. The number of rotatable bonds is 5. The number of anilines is 1. The van der Waals surface area contributed by atoms with Crippen LogP contribution in [0.5, 0.6) is 0 Å². The number of pyridine rings is 1. The molecule has 0 aliphatic rings. The molecule has 0 atom stereocenters. The van der Waals surface area contributed by atoms with Crippen LogP contribution < -0.4 is 15.6 Å². The summed E-state index contributed by atoms with van der Waals surface area (Å²) in [6.07, 6.45) is 2.92. The molecule has 0 fully saturated rings. The van der Waals surface area contributed by atoms with Crippen molar-refractivity contribution in [3.63, 3.8) is 0 Å². The molecule has 20 heavy (non-hydrogen) atoms. The van der Waals surface area contributed by atoms with Crippen LogP contribution in [0.2, 0.25) is 0 Å². The Balaban J connectivity index is 1.86. The first-order valence-corrected chi connectivity index (χ1v) is 6.40. The number of aromatic amines is 1. The van der Waals surface area contributed by atoms with Crippen molar-refractivity contribution in [2.45, 2.75) is 0 Å². The molecule has 2 aromatic rings. The van der Waals surface area contributed by atoms with Gasteiger partial charge in [-0.2, -0.15) is 0 Å². The van der Waals surface area contributed by atoms with Crippen molar-refractivity contribution in [2.75, 3.05) is 25.0 Å². The Morgan fingerprint density at radius 3 is 2.70 bits per heavy atom. The molecule has 1 aromatic heterocycles. The fourth-order valence-electron chi connectivity index (χ4n) is 1.84. The highest BCUT2D eigenvalue weighted by Gasteiger charge is 2.08. The summed E-state index contributed by atoms with van der Waals surface area (Å²) in [6.45, 7) is 1.14. The number of H-pyrrole nitrogens is 1. The van der Waals surface area contributed by atoms with Gasteiger partial charge in [-0.15, -0.1) is 0 Å². The summed E-state index contributed by atoms with van der Waals surface area (Å²) >= 11 is 0. The summed E-state index contributed by atoms with van der Waals surface area (Å²) in [5.41, 5.74) is 0.937. The first kappa shape index (κ1) is 13.9. The number of aromatic nitrogens is 1. The molecule has 1 heterocycles. The van der Waals surface area contributed by atoms with E-state index in [4.69, 9.17) is 0 Å². The molecule has 5 heteroatoms. The molecule has 104 valence electrons. The number of likely N-dealkylation sites (N-methyl/N-ethyl adjacent to an activating group) is 1. The van der Waals surface area contributed by atoms with E-state index in [0.717, 1.165) is 5.69 Å². The van der Waals surface area contributed by atoms with Crippen LogP contribution in [0.3, 0.4) is 0 Å². The third-order valence-corrected chi connectivity index (χ3v) is 3.00. The number of hydrogen-bond donors (Lipinski definition) is 2. The molecule has 0 saturated heterocycles. The molecule has 5 nitrogen and oxygen atoms in total. The highest BCUT2D eigenvalue weighted by atomic mass is 16.2. The predicted molar refractivity (Wildman–Crippen MR) is 79.1 cm³/mol. The maximum Gasteiger partial charge on any atom is 0.256 e. The highest BCUT2D eigenvalue weighted by Crippen LogP contribution is 2.09. The van der Waals surface area contributed by atoms with Crippen LogP contribution in [0.15, 0.2) is 53.6 Å². The van der Waals surface area contributed by atoms with Gasteiger partial charge in [-0.25, -0.2) is 0 Å². The molecule has 2 rings (SSSR count). The maximum atomic E-state index is 11.8. The Bertz CT molecular complexity index is 622. The fourth-order valence-corrected chi connectivity index (χ4v) is 1.84. The Kier molecular flexibility index (Phi) is 4.55. The standard InChI is InChI=1S/C15H17N3O2/c1-18(12-5-3-2-4-6-12)10-9-17-15(20)13-11-16-8-7-14(13)19/h2-8,11H,9-10H2,1H3,(H,16,19)(H,17,20). The SMILES string of the molecule is CN(CCNC(=O)c1c[nH]ccc1=O)c1ccccc1. The van der Waals surface area contributed by atoms with Crippen LogP contribution >= 0.6 is 0 Å². The van der Waals surface area contributed by atoms with Gasteiger partial charge in [0.15, 0.2) is 5.43 Å². The zero-order valence-corrected chi connectivity index (χ0v) is 11.3. The van der Waals surface area contributed by atoms with Crippen LogP contribution in [-0.2, 0) is 0 Å². The van der Waals surface area contributed by atoms with Gasteiger partial charge in [0.25, 0.3) is 5.91 Å². The lowest BCUT2D eigenvalue weighted by Crippen LogP contribution is -2.35. The van der Waals surface area contributed by atoms with Crippen LogP contribution in [0.4, 0.5) is 5.69 Å². The first-order chi connectivity index (χ1) is 9.68. The zero-order valence-electron chi connectivity index (χ0n) is 11.3. The lowest BCUT2D eigenvalue weighted by Gasteiger charge is -2.19. The Morgan fingerprint density at radius 2 is 2.00 bits per heavy atom. The van der Waals surface area contributed by atoms with E-state index in [9.17, 15) is 9.59 Å². The predicted octanol–water partition coefficient (Wildman–Crippen LogP) is 1.24. The van der Waals surface area contributed by atoms with Crippen LogP contribution in [0, 0.1) is 0 Å². The molecule has 1 amide bonds. The van der Waals surface area contributed by atoms with Gasteiger partial charge >= 0.3 is 0 Å². The molecule has 0 aliphatic carbocycles. The summed E-state index contributed by atoms with van der Waals surface area (Å²) in [5.74, 6) is -0.353. The van der Waals surface area contributed by atoms with E-state index in [1.54, 1.807) is 0 Å². The van der Waals surface area contributed by atoms with E-state index >= 15 is 0 Å². The van der Waals surface area contributed by atoms with Crippen LogP contribution in [0.1, 0.15) is 10.4 Å². The van der Waals surface area contributed by atoms with Crippen molar-refractivity contribution in [3.8, 4) is 0 Å². The minimum absolute atomic E-state index is 0.134. The molecule has 0 spiro atoms. The van der Waals surface area contributed by atoms with Gasteiger partial charge in [0, 0.05) is 44.3 Å². The maximum absolute atomic E-state index is 11.8. The number of amides is 1. The average Bonchev–Trinajstić information content (AvgIpc) is 2.48. The van der Waals surface area contributed by atoms with Crippen molar-refractivity contribution in [3.05, 3.63) is 64.6 Å². The third kappa shape index (κ3) is 3.47. The normalized spacial score (nSPS) is 10.1. The summed E-state index contributed by atoms with van der Waals surface area (Å²) in [4.78, 5) is 28.1. The summed E-state index contributed by atoms with van der Waals surface area (Å²) in [5, 5.41) is 2.74. The quantitative estimate of drug-likeness (QED) is 0.860. The van der Waals surface area contributed by atoms with E-state index in [-0.39, 0.29) is 16.9 Å². The van der Waals surface area contributed by atoms with Crippen molar-refractivity contribution in [1.29, 1.82) is 0 Å². The molecule has 2 N–H and O–H groups in total.